The molecule has 0 radical (unpaired) electrons. The van der Waals surface area contributed by atoms with E-state index in [0.29, 0.717) is 6.42 Å². The number of hydrogen-bond donors (Lipinski definition) is 10. The van der Waals surface area contributed by atoms with Crippen LogP contribution in [0.15, 0.2) is 0 Å². The predicted molar refractivity (Wildman–Crippen MR) is 198 cm³/mol. The molecule has 0 fully saturated rings. The number of primary amides is 2. The molecule has 54 heavy (non-hydrogen) atoms. The van der Waals surface area contributed by atoms with Gasteiger partial charge in [-0.1, -0.05) is 61.8 Å². The summed E-state index contributed by atoms with van der Waals surface area (Å²) in [5.41, 5.74) is 16.2. The summed E-state index contributed by atoms with van der Waals surface area (Å²) in [6.45, 7) is 15.3. The standard InChI is InChI=1S/C35H63N9O10/c1-10-19(8)28(34(52)39-20(9)29(47)42-24(35(53)54)14-17(4)5)44-31(49)22(11-12-25(37)45)40-32(50)23(13-16(2)3)41-33(51)27(18(6)7)43-30(48)21(36)15-26(38)46/h16-24,27-28H,10-15,36H2,1-9H3,(H2,37,45)(H2,38,46)(H,39,52)(H,40,50)(H,41,51)(H,42,47)(H,43,48)(H,44,49)(H,53,54)/t19-,20-,21-,22-,23-,24-,27-,28-/m0/s1. The molecule has 0 aromatic carbocycles. The number of aliphatic carboxylic acids is 1. The smallest absolute Gasteiger partial charge is 0.326 e. The molecule has 0 aromatic rings. The van der Waals surface area contributed by atoms with Crippen LogP contribution >= 0.6 is 0 Å². The molecule has 0 spiro atoms. The lowest BCUT2D eigenvalue weighted by Gasteiger charge is -2.29. The van der Waals surface area contributed by atoms with E-state index in [1.54, 1.807) is 55.4 Å². The van der Waals surface area contributed by atoms with Crippen LogP contribution < -0.4 is 49.1 Å². The number of amides is 8. The van der Waals surface area contributed by atoms with Gasteiger partial charge in [0.05, 0.1) is 12.5 Å². The molecule has 0 bridgehead atoms. The van der Waals surface area contributed by atoms with Crippen molar-refractivity contribution in [2.45, 2.75) is 143 Å². The molecule has 0 rings (SSSR count). The van der Waals surface area contributed by atoms with E-state index in [-0.39, 0.29) is 37.5 Å². The van der Waals surface area contributed by atoms with E-state index >= 15 is 0 Å². The number of carbonyl (C=O) groups is 9. The lowest BCUT2D eigenvalue weighted by atomic mass is 9.96. The highest BCUT2D eigenvalue weighted by molar-refractivity contribution is 5.97. The zero-order valence-electron chi connectivity index (χ0n) is 32.9. The average Bonchev–Trinajstić information content (AvgIpc) is 3.05. The van der Waals surface area contributed by atoms with Crippen LogP contribution in [0.2, 0.25) is 0 Å². The minimum Gasteiger partial charge on any atom is -0.480 e. The van der Waals surface area contributed by atoms with E-state index in [9.17, 15) is 48.3 Å². The first-order valence-corrected chi connectivity index (χ1v) is 18.3. The maximum Gasteiger partial charge on any atom is 0.326 e. The van der Waals surface area contributed by atoms with Crippen molar-refractivity contribution in [3.8, 4) is 0 Å². The van der Waals surface area contributed by atoms with Crippen molar-refractivity contribution >= 4 is 53.2 Å². The minimum atomic E-state index is -1.41. The Bertz CT molecular complexity index is 1340. The molecule has 0 aliphatic rings. The SMILES string of the molecule is CC[C@H](C)[C@H](NC(=O)[C@H](CCC(N)=O)NC(=O)[C@H](CC(C)C)NC(=O)[C@@H](NC(=O)[C@@H](N)CC(N)=O)C(C)C)C(=O)N[C@@H](C)C(=O)N[C@@H](CC(C)C)C(=O)O. The van der Waals surface area contributed by atoms with E-state index < -0.39 is 114 Å². The van der Waals surface area contributed by atoms with Crippen LogP contribution in [0, 0.1) is 23.7 Å². The maximum atomic E-state index is 13.7. The topological polar surface area (TPSA) is 324 Å². The summed E-state index contributed by atoms with van der Waals surface area (Å²) in [4.78, 5) is 114. The first-order valence-electron chi connectivity index (χ1n) is 18.3. The van der Waals surface area contributed by atoms with Gasteiger partial charge in [0, 0.05) is 6.42 Å². The maximum absolute atomic E-state index is 13.7. The van der Waals surface area contributed by atoms with Gasteiger partial charge in [-0.05, 0) is 49.9 Å². The second kappa shape index (κ2) is 23.8. The highest BCUT2D eigenvalue weighted by Crippen LogP contribution is 2.13. The third-order valence-electron chi connectivity index (χ3n) is 8.52. The largest absolute Gasteiger partial charge is 0.480 e. The van der Waals surface area contributed by atoms with Gasteiger partial charge in [-0.2, -0.15) is 0 Å². The monoisotopic (exact) mass is 769 g/mol. The van der Waals surface area contributed by atoms with Crippen molar-refractivity contribution in [1.82, 2.24) is 31.9 Å². The van der Waals surface area contributed by atoms with Gasteiger partial charge >= 0.3 is 5.97 Å². The van der Waals surface area contributed by atoms with Crippen LogP contribution in [0.3, 0.4) is 0 Å². The molecule has 8 amide bonds. The van der Waals surface area contributed by atoms with Crippen molar-refractivity contribution in [2.24, 2.45) is 40.9 Å². The van der Waals surface area contributed by atoms with Gasteiger partial charge in [0.2, 0.25) is 47.3 Å². The number of nitrogens with one attached hydrogen (secondary N) is 6. The minimum absolute atomic E-state index is 0.0362. The van der Waals surface area contributed by atoms with Crippen molar-refractivity contribution in [3.05, 3.63) is 0 Å². The molecule has 19 heteroatoms. The number of carboxylic acids is 1. The van der Waals surface area contributed by atoms with Gasteiger partial charge in [-0.25, -0.2) is 4.79 Å². The lowest BCUT2D eigenvalue weighted by Crippen LogP contribution is -2.61. The number of carbonyl (C=O) groups excluding carboxylic acids is 8. The van der Waals surface area contributed by atoms with Gasteiger partial charge in [-0.15, -0.1) is 0 Å². The molecule has 0 unspecified atom stereocenters. The molecule has 8 atom stereocenters. The summed E-state index contributed by atoms with van der Waals surface area (Å²) in [5, 5.41) is 24.7. The Morgan fingerprint density at radius 1 is 0.556 bits per heavy atom. The molecule has 0 aliphatic carbocycles. The molecular formula is C35H63N9O10. The Kier molecular flexibility index (Phi) is 21.7. The van der Waals surface area contributed by atoms with Crippen LogP contribution in [0.5, 0.6) is 0 Å². The summed E-state index contributed by atoms with van der Waals surface area (Å²) >= 11 is 0. The van der Waals surface area contributed by atoms with Gasteiger partial charge in [0.1, 0.15) is 36.3 Å². The van der Waals surface area contributed by atoms with E-state index in [0.717, 1.165) is 0 Å². The van der Waals surface area contributed by atoms with Gasteiger partial charge in [0.25, 0.3) is 0 Å². The Balaban J connectivity index is 6.19. The van der Waals surface area contributed by atoms with Crippen molar-refractivity contribution in [2.75, 3.05) is 0 Å². The van der Waals surface area contributed by atoms with Gasteiger partial charge in [0.15, 0.2) is 0 Å². The third-order valence-corrected chi connectivity index (χ3v) is 8.52. The highest BCUT2D eigenvalue weighted by atomic mass is 16.4. The summed E-state index contributed by atoms with van der Waals surface area (Å²) in [6.07, 6.45) is -0.390. The van der Waals surface area contributed by atoms with E-state index in [1.165, 1.54) is 6.92 Å². The normalized spacial score (nSPS) is 15.7. The van der Waals surface area contributed by atoms with E-state index in [1.807, 2.05) is 0 Å². The molecule has 0 heterocycles. The van der Waals surface area contributed by atoms with Gasteiger partial charge < -0.3 is 54.2 Å². The average molecular weight is 770 g/mol. The second-order valence-electron chi connectivity index (χ2n) is 14.9. The molecule has 308 valence electrons. The van der Waals surface area contributed by atoms with Crippen LogP contribution in [0.25, 0.3) is 0 Å². The molecular weight excluding hydrogens is 706 g/mol. The third kappa shape index (κ3) is 18.3. The van der Waals surface area contributed by atoms with E-state index in [2.05, 4.69) is 31.9 Å². The Labute approximate surface area is 317 Å². The zero-order chi connectivity index (χ0) is 42.0. The first-order chi connectivity index (χ1) is 24.9. The van der Waals surface area contributed by atoms with Crippen LogP contribution in [0.4, 0.5) is 0 Å². The molecule has 19 nitrogen and oxygen atoms in total. The summed E-state index contributed by atoms with van der Waals surface area (Å²) in [7, 11) is 0. The predicted octanol–water partition coefficient (Wildman–Crippen LogP) is -1.74. The molecule has 0 saturated heterocycles. The van der Waals surface area contributed by atoms with Crippen LogP contribution in [-0.4, -0.2) is 101 Å². The summed E-state index contributed by atoms with van der Waals surface area (Å²) in [6, 6.07) is -8.69. The Hall–Kier alpha value is -4.81. The number of rotatable bonds is 25. The summed E-state index contributed by atoms with van der Waals surface area (Å²) < 4.78 is 0. The molecule has 0 aromatic heterocycles. The summed E-state index contributed by atoms with van der Waals surface area (Å²) in [5.74, 6) is -8.67. The zero-order valence-corrected chi connectivity index (χ0v) is 32.9. The second-order valence-corrected chi connectivity index (χ2v) is 14.9. The Morgan fingerprint density at radius 2 is 1.02 bits per heavy atom. The molecule has 13 N–H and O–H groups in total. The Morgan fingerprint density at radius 3 is 1.48 bits per heavy atom. The lowest BCUT2D eigenvalue weighted by molar-refractivity contribution is -0.142. The highest BCUT2D eigenvalue weighted by Gasteiger charge is 2.35. The molecule has 0 saturated carbocycles. The fourth-order valence-corrected chi connectivity index (χ4v) is 5.21. The fourth-order valence-electron chi connectivity index (χ4n) is 5.21. The van der Waals surface area contributed by atoms with Crippen LogP contribution in [0.1, 0.15) is 101 Å². The first kappa shape index (κ1) is 49.2. The van der Waals surface area contributed by atoms with Crippen LogP contribution in [-0.2, 0) is 43.2 Å². The van der Waals surface area contributed by atoms with Gasteiger partial charge in [-0.3, -0.25) is 38.4 Å². The fraction of sp³-hybridized carbons (Fsp3) is 0.743. The number of nitrogens with two attached hydrogens (primary N) is 3. The number of hydrogen-bond acceptors (Lipinski definition) is 10. The quantitative estimate of drug-likeness (QED) is 0.0497. The number of carboxylic acid groups (broad SMARTS) is 1. The van der Waals surface area contributed by atoms with Crippen molar-refractivity contribution < 1.29 is 48.3 Å². The van der Waals surface area contributed by atoms with Crippen molar-refractivity contribution in [1.29, 1.82) is 0 Å². The van der Waals surface area contributed by atoms with E-state index in [4.69, 9.17) is 17.2 Å². The van der Waals surface area contributed by atoms with Crippen molar-refractivity contribution in [3.63, 3.8) is 0 Å². The molecule has 0 aliphatic heterocycles.